The third-order valence-corrected chi connectivity index (χ3v) is 5.20. The number of aromatic nitrogens is 1. The van der Waals surface area contributed by atoms with Gasteiger partial charge in [-0.15, -0.1) is 0 Å². The van der Waals surface area contributed by atoms with Crippen molar-refractivity contribution in [2.45, 2.75) is 24.9 Å². The second kappa shape index (κ2) is 6.34. The minimum absolute atomic E-state index is 0.286. The van der Waals surface area contributed by atoms with Gasteiger partial charge in [-0.3, -0.25) is 4.98 Å². The molecule has 0 amide bonds. The normalized spacial score (nSPS) is 11.8. The van der Waals surface area contributed by atoms with Crippen molar-refractivity contribution >= 4 is 10.0 Å². The van der Waals surface area contributed by atoms with Gasteiger partial charge in [-0.25, -0.2) is 8.42 Å². The molecule has 0 spiro atoms. The lowest BCUT2D eigenvalue weighted by Gasteiger charge is -2.18. The highest BCUT2D eigenvalue weighted by Crippen LogP contribution is 2.19. The van der Waals surface area contributed by atoms with Crippen LogP contribution in [0.2, 0.25) is 0 Å². The molecule has 2 aromatic rings. The lowest BCUT2D eigenvalue weighted by Crippen LogP contribution is -2.26. The van der Waals surface area contributed by atoms with Gasteiger partial charge in [0.1, 0.15) is 0 Å². The maximum Gasteiger partial charge on any atom is 0.243 e. The van der Waals surface area contributed by atoms with Crippen molar-refractivity contribution in [1.82, 2.24) is 9.29 Å². The van der Waals surface area contributed by atoms with E-state index in [1.807, 2.05) is 6.92 Å². The minimum Gasteiger partial charge on any atom is -0.326 e. The van der Waals surface area contributed by atoms with E-state index in [0.717, 1.165) is 16.7 Å². The molecule has 0 unspecified atom stereocenters. The van der Waals surface area contributed by atoms with Gasteiger partial charge >= 0.3 is 0 Å². The average molecular weight is 305 g/mol. The summed E-state index contributed by atoms with van der Waals surface area (Å²) in [6, 6.07) is 8.64. The summed E-state index contributed by atoms with van der Waals surface area (Å²) in [5.41, 5.74) is 8.34. The van der Waals surface area contributed by atoms with Gasteiger partial charge in [0, 0.05) is 32.5 Å². The first-order valence-corrected chi connectivity index (χ1v) is 8.04. The molecule has 2 N–H and O–H groups in total. The predicted molar refractivity (Wildman–Crippen MR) is 82.0 cm³/mol. The highest BCUT2D eigenvalue weighted by atomic mass is 32.2. The van der Waals surface area contributed by atoms with Crippen molar-refractivity contribution in [2.75, 3.05) is 7.05 Å². The molecule has 2 rings (SSSR count). The van der Waals surface area contributed by atoms with Crippen molar-refractivity contribution in [2.24, 2.45) is 5.73 Å². The first kappa shape index (κ1) is 15.6. The lowest BCUT2D eigenvalue weighted by molar-refractivity contribution is 0.466. The van der Waals surface area contributed by atoms with Crippen LogP contribution in [0.25, 0.3) is 0 Å². The molecule has 1 heterocycles. The van der Waals surface area contributed by atoms with Gasteiger partial charge in [0.05, 0.1) is 4.90 Å². The van der Waals surface area contributed by atoms with Crippen LogP contribution in [0.1, 0.15) is 16.7 Å². The fourth-order valence-corrected chi connectivity index (χ4v) is 3.31. The number of pyridine rings is 1. The molecule has 6 heteroatoms. The highest BCUT2D eigenvalue weighted by Gasteiger charge is 2.21. The average Bonchev–Trinajstić information content (AvgIpc) is 2.48. The van der Waals surface area contributed by atoms with Crippen LogP contribution in [0.5, 0.6) is 0 Å². The Labute approximate surface area is 125 Å². The summed E-state index contributed by atoms with van der Waals surface area (Å²) in [5, 5.41) is 0. The second-order valence-corrected chi connectivity index (χ2v) is 6.95. The number of benzene rings is 1. The minimum atomic E-state index is -3.51. The van der Waals surface area contributed by atoms with Crippen LogP contribution < -0.4 is 5.73 Å². The molecule has 5 nitrogen and oxygen atoms in total. The molecule has 0 fully saturated rings. The summed E-state index contributed by atoms with van der Waals surface area (Å²) in [5.74, 6) is 0. The first-order valence-electron chi connectivity index (χ1n) is 6.60. The third kappa shape index (κ3) is 3.47. The first-order chi connectivity index (χ1) is 9.95. The van der Waals surface area contributed by atoms with E-state index in [4.69, 9.17) is 5.73 Å². The van der Waals surface area contributed by atoms with Crippen molar-refractivity contribution in [3.8, 4) is 0 Å². The predicted octanol–water partition coefficient (Wildman–Crippen LogP) is 1.67. The zero-order chi connectivity index (χ0) is 15.5. The van der Waals surface area contributed by atoms with Gasteiger partial charge in [-0.2, -0.15) is 4.31 Å². The third-order valence-electron chi connectivity index (χ3n) is 3.40. The summed E-state index contributed by atoms with van der Waals surface area (Å²) in [6.07, 6.45) is 3.30. The van der Waals surface area contributed by atoms with Crippen molar-refractivity contribution in [3.63, 3.8) is 0 Å². The Morgan fingerprint density at radius 3 is 2.43 bits per heavy atom. The molecule has 21 heavy (non-hydrogen) atoms. The molecule has 112 valence electrons. The molecule has 0 aliphatic heterocycles. The van der Waals surface area contributed by atoms with E-state index in [9.17, 15) is 8.42 Å². The smallest absolute Gasteiger partial charge is 0.243 e. The van der Waals surface area contributed by atoms with Gasteiger partial charge in [0.25, 0.3) is 0 Å². The Bertz CT molecular complexity index is 715. The Morgan fingerprint density at radius 2 is 1.86 bits per heavy atom. The molecule has 0 saturated heterocycles. The second-order valence-electron chi connectivity index (χ2n) is 4.91. The van der Waals surface area contributed by atoms with Crippen molar-refractivity contribution in [1.29, 1.82) is 0 Å². The number of aryl methyl sites for hydroxylation is 1. The Hall–Kier alpha value is -1.76. The summed E-state index contributed by atoms with van der Waals surface area (Å²) < 4.78 is 26.5. The number of nitrogens with zero attached hydrogens (tertiary/aromatic N) is 2. The van der Waals surface area contributed by atoms with E-state index in [-0.39, 0.29) is 4.90 Å². The number of hydrogen-bond donors (Lipinski definition) is 1. The molecule has 0 aliphatic rings. The highest BCUT2D eigenvalue weighted by molar-refractivity contribution is 7.89. The molecule has 1 aromatic carbocycles. The molecule has 0 radical (unpaired) electrons. The van der Waals surface area contributed by atoms with Crippen LogP contribution in [-0.4, -0.2) is 24.8 Å². The molecular weight excluding hydrogens is 286 g/mol. The topological polar surface area (TPSA) is 76.3 Å². The van der Waals surface area contributed by atoms with Gasteiger partial charge in [-0.05, 0) is 47.9 Å². The van der Waals surface area contributed by atoms with Crippen LogP contribution in [0, 0.1) is 6.92 Å². The summed E-state index contributed by atoms with van der Waals surface area (Å²) in [6.45, 7) is 2.58. The molecule has 1 aromatic heterocycles. The monoisotopic (exact) mass is 305 g/mol. The van der Waals surface area contributed by atoms with Gasteiger partial charge in [0.2, 0.25) is 10.0 Å². The van der Waals surface area contributed by atoms with E-state index >= 15 is 0 Å². The molecule has 0 saturated carbocycles. The molecule has 0 bridgehead atoms. The van der Waals surface area contributed by atoms with Crippen LogP contribution in [0.3, 0.4) is 0 Å². The SMILES string of the molecule is Cc1cc(S(=O)(=O)N(C)Cc2ccncc2)ccc1CN. The van der Waals surface area contributed by atoms with E-state index < -0.39 is 10.0 Å². The van der Waals surface area contributed by atoms with E-state index in [1.54, 1.807) is 49.8 Å². The van der Waals surface area contributed by atoms with Crippen molar-refractivity contribution < 1.29 is 8.42 Å². The summed E-state index contributed by atoms with van der Waals surface area (Å²) in [4.78, 5) is 4.21. The van der Waals surface area contributed by atoms with Crippen LogP contribution in [-0.2, 0) is 23.1 Å². The van der Waals surface area contributed by atoms with E-state index in [1.165, 1.54) is 4.31 Å². The quantitative estimate of drug-likeness (QED) is 0.911. The Morgan fingerprint density at radius 1 is 1.19 bits per heavy atom. The fourth-order valence-electron chi connectivity index (χ4n) is 2.07. The zero-order valence-electron chi connectivity index (χ0n) is 12.2. The summed E-state index contributed by atoms with van der Waals surface area (Å²) >= 11 is 0. The molecule has 0 atom stereocenters. The maximum absolute atomic E-state index is 12.6. The Balaban J connectivity index is 2.27. The van der Waals surface area contributed by atoms with Crippen molar-refractivity contribution in [3.05, 3.63) is 59.4 Å². The standard InChI is InChI=1S/C15H19N3O2S/c1-12-9-15(4-3-14(12)10-16)21(19,20)18(2)11-13-5-7-17-8-6-13/h3-9H,10-11,16H2,1-2H3. The number of rotatable bonds is 5. The fraction of sp³-hybridized carbons (Fsp3) is 0.267. The lowest BCUT2D eigenvalue weighted by atomic mass is 10.1. The van der Waals surface area contributed by atoms with E-state index in [0.29, 0.717) is 13.1 Å². The molecular formula is C15H19N3O2S. The summed E-state index contributed by atoms with van der Waals surface area (Å²) in [7, 11) is -1.94. The Kier molecular flexibility index (Phi) is 4.72. The van der Waals surface area contributed by atoms with Crippen LogP contribution >= 0.6 is 0 Å². The largest absolute Gasteiger partial charge is 0.326 e. The number of nitrogens with two attached hydrogens (primary N) is 1. The number of hydrogen-bond acceptors (Lipinski definition) is 4. The van der Waals surface area contributed by atoms with E-state index in [2.05, 4.69) is 4.98 Å². The zero-order valence-corrected chi connectivity index (χ0v) is 13.0. The van der Waals surface area contributed by atoms with Gasteiger partial charge < -0.3 is 5.73 Å². The molecule has 0 aliphatic carbocycles. The van der Waals surface area contributed by atoms with Crippen LogP contribution in [0.4, 0.5) is 0 Å². The van der Waals surface area contributed by atoms with Gasteiger partial charge in [0.15, 0.2) is 0 Å². The van der Waals surface area contributed by atoms with Crippen LogP contribution in [0.15, 0.2) is 47.6 Å². The van der Waals surface area contributed by atoms with Gasteiger partial charge in [-0.1, -0.05) is 6.07 Å². The number of sulfonamides is 1. The maximum atomic E-state index is 12.6.